The van der Waals surface area contributed by atoms with Crippen LogP contribution in [0.4, 0.5) is 0 Å². The lowest BCUT2D eigenvalue weighted by atomic mass is 10.1. The number of methoxy groups -OCH3 is 1. The summed E-state index contributed by atoms with van der Waals surface area (Å²) in [6.45, 7) is 4.63. The molecule has 28 heavy (non-hydrogen) atoms. The molecule has 0 aliphatic carbocycles. The third kappa shape index (κ3) is 4.78. The van der Waals surface area contributed by atoms with Gasteiger partial charge in [0.2, 0.25) is 0 Å². The molecule has 0 atom stereocenters. The Balaban J connectivity index is 0.00000225. The lowest BCUT2D eigenvalue weighted by Gasteiger charge is -2.26. The van der Waals surface area contributed by atoms with Gasteiger partial charge in [-0.1, -0.05) is 24.6 Å². The van der Waals surface area contributed by atoms with E-state index in [1.54, 1.807) is 7.11 Å². The van der Waals surface area contributed by atoms with Gasteiger partial charge >= 0.3 is 0 Å². The third-order valence-electron chi connectivity index (χ3n) is 5.17. The summed E-state index contributed by atoms with van der Waals surface area (Å²) < 4.78 is 13.6. The van der Waals surface area contributed by atoms with Gasteiger partial charge in [0.15, 0.2) is 0 Å². The molecule has 0 bridgehead atoms. The average Bonchev–Trinajstić information content (AvgIpc) is 3.06. The summed E-state index contributed by atoms with van der Waals surface area (Å²) in [4.78, 5) is 7.42. The average molecular weight is 402 g/mol. The molecule has 0 radical (unpaired) electrons. The van der Waals surface area contributed by atoms with Crippen molar-refractivity contribution in [3.63, 3.8) is 0 Å². The molecule has 150 valence electrons. The number of imidazole rings is 1. The van der Waals surface area contributed by atoms with Crippen LogP contribution in [0, 0.1) is 0 Å². The molecule has 1 aromatic heterocycles. The summed E-state index contributed by atoms with van der Waals surface area (Å²) in [5.41, 5.74) is 2.24. The first-order valence-electron chi connectivity index (χ1n) is 9.77. The zero-order valence-electron chi connectivity index (χ0n) is 16.3. The van der Waals surface area contributed by atoms with Crippen LogP contribution < -0.4 is 9.47 Å². The first kappa shape index (κ1) is 20.5. The number of benzene rings is 2. The molecule has 1 aliphatic rings. The summed E-state index contributed by atoms with van der Waals surface area (Å²) in [7, 11) is 1.67. The van der Waals surface area contributed by atoms with Crippen molar-refractivity contribution in [2.75, 3.05) is 26.8 Å². The topological polar surface area (TPSA) is 39.5 Å². The Kier molecular flexibility index (Phi) is 7.18. The molecule has 5 nitrogen and oxygen atoms in total. The van der Waals surface area contributed by atoms with Crippen LogP contribution in [0.5, 0.6) is 11.5 Å². The van der Waals surface area contributed by atoms with Crippen LogP contribution >= 0.6 is 12.4 Å². The molecule has 0 amide bonds. The molecule has 1 aliphatic heterocycles. The summed E-state index contributed by atoms with van der Waals surface area (Å²) in [6.07, 6.45) is 3.93. The van der Waals surface area contributed by atoms with E-state index in [4.69, 9.17) is 14.5 Å². The Morgan fingerprint density at radius 3 is 2.57 bits per heavy atom. The Morgan fingerprint density at radius 1 is 0.964 bits per heavy atom. The standard InChI is InChI=1S/C22H27N3O2.ClH/c1-26-18-8-7-9-19(16-18)27-15-14-25-21-11-4-3-10-20(21)23-22(25)17-24-12-5-2-6-13-24;/h3-4,7-11,16H,2,5-6,12-15,17H2,1H3;1H. The quantitative estimate of drug-likeness (QED) is 0.583. The van der Waals surface area contributed by atoms with Crippen molar-refractivity contribution in [3.8, 4) is 11.5 Å². The fourth-order valence-electron chi connectivity index (χ4n) is 3.76. The van der Waals surface area contributed by atoms with E-state index in [0.717, 1.165) is 35.9 Å². The van der Waals surface area contributed by atoms with Gasteiger partial charge in [0.1, 0.15) is 23.9 Å². The molecule has 2 heterocycles. The maximum absolute atomic E-state index is 5.97. The number of likely N-dealkylation sites (tertiary alicyclic amines) is 1. The minimum absolute atomic E-state index is 0. The third-order valence-corrected chi connectivity index (χ3v) is 5.17. The smallest absolute Gasteiger partial charge is 0.124 e. The van der Waals surface area contributed by atoms with Crippen molar-refractivity contribution >= 4 is 23.4 Å². The molecule has 1 fully saturated rings. The van der Waals surface area contributed by atoms with Gasteiger partial charge in [0.05, 0.1) is 31.2 Å². The van der Waals surface area contributed by atoms with Crippen LogP contribution in [-0.4, -0.2) is 41.3 Å². The number of ether oxygens (including phenoxy) is 2. The van der Waals surface area contributed by atoms with Crippen molar-refractivity contribution in [3.05, 3.63) is 54.4 Å². The number of hydrogen-bond donors (Lipinski definition) is 0. The lowest BCUT2D eigenvalue weighted by molar-refractivity contribution is 0.211. The number of rotatable bonds is 7. The number of nitrogens with zero attached hydrogens (tertiary/aromatic N) is 3. The van der Waals surface area contributed by atoms with E-state index in [0.29, 0.717) is 6.61 Å². The highest BCUT2D eigenvalue weighted by molar-refractivity contribution is 5.85. The second-order valence-corrected chi connectivity index (χ2v) is 7.03. The number of aromatic nitrogens is 2. The molecule has 0 N–H and O–H groups in total. The van der Waals surface area contributed by atoms with Gasteiger partial charge in [0.25, 0.3) is 0 Å². The van der Waals surface area contributed by atoms with Crippen LogP contribution in [0.2, 0.25) is 0 Å². The second-order valence-electron chi connectivity index (χ2n) is 7.03. The minimum Gasteiger partial charge on any atom is -0.497 e. The van der Waals surface area contributed by atoms with Crippen molar-refractivity contribution in [2.45, 2.75) is 32.4 Å². The molecule has 0 unspecified atom stereocenters. The van der Waals surface area contributed by atoms with E-state index < -0.39 is 0 Å². The zero-order valence-corrected chi connectivity index (χ0v) is 17.2. The Hall–Kier alpha value is -2.24. The van der Waals surface area contributed by atoms with Crippen LogP contribution in [0.1, 0.15) is 25.1 Å². The minimum atomic E-state index is 0. The van der Waals surface area contributed by atoms with Crippen LogP contribution in [0.25, 0.3) is 11.0 Å². The van der Waals surface area contributed by atoms with E-state index in [9.17, 15) is 0 Å². The number of hydrogen-bond acceptors (Lipinski definition) is 4. The summed E-state index contributed by atoms with van der Waals surface area (Å²) in [5.74, 6) is 2.77. The van der Waals surface area contributed by atoms with Gasteiger partial charge in [0, 0.05) is 6.07 Å². The fourth-order valence-corrected chi connectivity index (χ4v) is 3.76. The number of piperidine rings is 1. The summed E-state index contributed by atoms with van der Waals surface area (Å²) >= 11 is 0. The first-order valence-corrected chi connectivity index (χ1v) is 9.77. The molecule has 0 spiro atoms. The maximum atomic E-state index is 5.97. The van der Waals surface area contributed by atoms with Gasteiger partial charge in [-0.2, -0.15) is 0 Å². The second kappa shape index (κ2) is 9.80. The van der Waals surface area contributed by atoms with Gasteiger partial charge in [-0.15, -0.1) is 12.4 Å². The highest BCUT2D eigenvalue weighted by atomic mass is 35.5. The Labute approximate surface area is 172 Å². The molecule has 0 saturated carbocycles. The van der Waals surface area contributed by atoms with E-state index in [2.05, 4.69) is 33.7 Å². The van der Waals surface area contributed by atoms with Crippen molar-refractivity contribution in [1.29, 1.82) is 0 Å². The fraction of sp³-hybridized carbons (Fsp3) is 0.409. The highest BCUT2D eigenvalue weighted by Crippen LogP contribution is 2.21. The van der Waals surface area contributed by atoms with Crippen molar-refractivity contribution < 1.29 is 9.47 Å². The van der Waals surface area contributed by atoms with Crippen molar-refractivity contribution in [1.82, 2.24) is 14.5 Å². The lowest BCUT2D eigenvalue weighted by Crippen LogP contribution is -2.30. The zero-order chi connectivity index (χ0) is 18.5. The predicted molar refractivity (Wildman–Crippen MR) is 115 cm³/mol. The number of halogens is 1. The van der Waals surface area contributed by atoms with Gasteiger partial charge < -0.3 is 14.0 Å². The van der Waals surface area contributed by atoms with E-state index in [1.165, 1.54) is 37.9 Å². The number of fused-ring (bicyclic) bond motifs is 1. The van der Waals surface area contributed by atoms with E-state index in [-0.39, 0.29) is 12.4 Å². The number of para-hydroxylation sites is 2. The highest BCUT2D eigenvalue weighted by Gasteiger charge is 2.16. The molecule has 1 saturated heterocycles. The van der Waals surface area contributed by atoms with E-state index in [1.807, 2.05) is 24.3 Å². The largest absolute Gasteiger partial charge is 0.497 e. The molecular weight excluding hydrogens is 374 g/mol. The SMILES string of the molecule is COc1cccc(OCCn2c(CN3CCCCC3)nc3ccccc32)c1.Cl. The molecular formula is C22H28ClN3O2. The van der Waals surface area contributed by atoms with Crippen LogP contribution in [0.3, 0.4) is 0 Å². The van der Waals surface area contributed by atoms with Gasteiger partial charge in [-0.05, 0) is 50.2 Å². The summed E-state index contributed by atoms with van der Waals surface area (Å²) in [5, 5.41) is 0. The first-order chi connectivity index (χ1) is 13.3. The molecule has 4 rings (SSSR count). The normalized spacial score (nSPS) is 14.6. The summed E-state index contributed by atoms with van der Waals surface area (Å²) in [6, 6.07) is 16.1. The molecule has 3 aromatic rings. The Bertz CT molecular complexity index is 890. The van der Waals surface area contributed by atoms with Crippen LogP contribution in [-0.2, 0) is 13.1 Å². The molecule has 6 heteroatoms. The van der Waals surface area contributed by atoms with Gasteiger partial charge in [-0.3, -0.25) is 4.90 Å². The Morgan fingerprint density at radius 2 is 1.75 bits per heavy atom. The monoisotopic (exact) mass is 401 g/mol. The molecule has 2 aromatic carbocycles. The maximum Gasteiger partial charge on any atom is 0.124 e. The van der Waals surface area contributed by atoms with Crippen LogP contribution in [0.15, 0.2) is 48.5 Å². The van der Waals surface area contributed by atoms with E-state index >= 15 is 0 Å². The van der Waals surface area contributed by atoms with Crippen molar-refractivity contribution in [2.24, 2.45) is 0 Å². The predicted octanol–water partition coefficient (Wildman–Crippen LogP) is 4.53. The van der Waals surface area contributed by atoms with Gasteiger partial charge in [-0.25, -0.2) is 4.98 Å².